The molecule has 0 saturated carbocycles. The molecule has 100 valence electrons. The maximum Gasteiger partial charge on any atom is 0.164 e. The summed E-state index contributed by atoms with van der Waals surface area (Å²) in [4.78, 5) is 4.02. The van der Waals surface area contributed by atoms with Gasteiger partial charge < -0.3 is 9.94 Å². The molecule has 0 amide bonds. The molecular weight excluding hydrogens is 251 g/mol. The predicted molar refractivity (Wildman–Crippen MR) is 65.7 cm³/mol. The quantitative estimate of drug-likeness (QED) is 0.518. The van der Waals surface area contributed by atoms with Crippen molar-refractivity contribution in [2.24, 2.45) is 12.2 Å². The summed E-state index contributed by atoms with van der Waals surface area (Å²) in [7, 11) is 1.75. The van der Waals surface area contributed by atoms with E-state index in [0.717, 1.165) is 0 Å². The van der Waals surface area contributed by atoms with Crippen LogP contribution in [-0.4, -0.2) is 25.7 Å². The second-order valence-corrected chi connectivity index (χ2v) is 3.91. The molecule has 0 aliphatic heterocycles. The minimum Gasteiger partial charge on any atom is -0.485 e. The van der Waals surface area contributed by atoms with E-state index in [9.17, 15) is 4.39 Å². The third kappa shape index (κ3) is 2.87. The fourth-order valence-corrected chi connectivity index (χ4v) is 1.56. The van der Waals surface area contributed by atoms with Crippen molar-refractivity contribution in [1.82, 2.24) is 14.8 Å². The molecule has 2 aromatic rings. The Kier molecular flexibility index (Phi) is 3.74. The van der Waals surface area contributed by atoms with Crippen molar-refractivity contribution in [3.05, 3.63) is 41.7 Å². The summed E-state index contributed by atoms with van der Waals surface area (Å²) in [5, 5.41) is 15.8. The molecule has 1 N–H and O–H groups in total. The normalized spacial score (nSPS) is 11.6. The van der Waals surface area contributed by atoms with Gasteiger partial charge in [0.15, 0.2) is 5.82 Å². The fourth-order valence-electron chi connectivity index (χ4n) is 1.56. The van der Waals surface area contributed by atoms with Gasteiger partial charge in [-0.2, -0.15) is 5.10 Å². The lowest BCUT2D eigenvalue weighted by Crippen LogP contribution is -2.07. The number of halogens is 1. The van der Waals surface area contributed by atoms with E-state index >= 15 is 0 Å². The number of nitrogens with zero attached hydrogens (tertiary/aromatic N) is 4. The summed E-state index contributed by atoms with van der Waals surface area (Å²) in [6, 6.07) is 4.01. The average Bonchev–Trinajstić information content (AvgIpc) is 2.82. The molecular formula is C12H13FN4O2. The van der Waals surface area contributed by atoms with E-state index in [1.165, 1.54) is 24.5 Å². The maximum atomic E-state index is 13.2. The molecule has 0 unspecified atom stereocenters. The van der Waals surface area contributed by atoms with E-state index in [1.54, 1.807) is 18.7 Å². The van der Waals surface area contributed by atoms with Crippen LogP contribution in [0.15, 0.2) is 29.7 Å². The van der Waals surface area contributed by atoms with Gasteiger partial charge in [-0.3, -0.25) is 4.68 Å². The zero-order valence-corrected chi connectivity index (χ0v) is 10.5. The van der Waals surface area contributed by atoms with Crippen LogP contribution in [0.4, 0.5) is 4.39 Å². The number of benzene rings is 1. The molecule has 0 aliphatic rings. The Bertz CT molecular complexity index is 610. The smallest absolute Gasteiger partial charge is 0.164 e. The Hall–Kier alpha value is -2.44. The van der Waals surface area contributed by atoms with Crippen LogP contribution in [0.1, 0.15) is 18.3 Å². The van der Waals surface area contributed by atoms with Gasteiger partial charge in [0.1, 0.15) is 24.5 Å². The number of rotatable bonds is 4. The summed E-state index contributed by atoms with van der Waals surface area (Å²) in [6.07, 6.45) is 1.42. The van der Waals surface area contributed by atoms with Crippen LogP contribution in [-0.2, 0) is 13.7 Å². The van der Waals surface area contributed by atoms with E-state index < -0.39 is 5.82 Å². The minimum atomic E-state index is -0.427. The SMILES string of the molecule is CC(=NO)c1cc(F)ccc1OCc1ncnn1C. The van der Waals surface area contributed by atoms with Crippen LogP contribution in [0.2, 0.25) is 0 Å². The summed E-state index contributed by atoms with van der Waals surface area (Å²) >= 11 is 0. The lowest BCUT2D eigenvalue weighted by atomic mass is 10.1. The maximum absolute atomic E-state index is 13.2. The Morgan fingerprint density at radius 1 is 1.53 bits per heavy atom. The summed E-state index contributed by atoms with van der Waals surface area (Å²) < 4.78 is 20.3. The Labute approximate surface area is 109 Å². The Balaban J connectivity index is 2.23. The third-order valence-electron chi connectivity index (χ3n) is 2.64. The molecule has 7 heteroatoms. The van der Waals surface area contributed by atoms with Gasteiger partial charge in [-0.25, -0.2) is 9.37 Å². The Morgan fingerprint density at radius 2 is 2.32 bits per heavy atom. The van der Waals surface area contributed by atoms with E-state index in [-0.39, 0.29) is 12.3 Å². The van der Waals surface area contributed by atoms with Crippen molar-refractivity contribution in [2.75, 3.05) is 0 Å². The van der Waals surface area contributed by atoms with Crippen LogP contribution < -0.4 is 4.74 Å². The van der Waals surface area contributed by atoms with Crippen LogP contribution in [0.5, 0.6) is 5.75 Å². The van der Waals surface area contributed by atoms with E-state index in [2.05, 4.69) is 15.2 Å². The molecule has 0 bridgehead atoms. The lowest BCUT2D eigenvalue weighted by molar-refractivity contribution is 0.287. The fraction of sp³-hybridized carbons (Fsp3) is 0.250. The molecule has 19 heavy (non-hydrogen) atoms. The van der Waals surface area contributed by atoms with Gasteiger partial charge in [-0.15, -0.1) is 0 Å². The highest BCUT2D eigenvalue weighted by Gasteiger charge is 2.10. The summed E-state index contributed by atoms with van der Waals surface area (Å²) in [6.45, 7) is 1.75. The number of hydrogen-bond donors (Lipinski definition) is 1. The van der Waals surface area contributed by atoms with Crippen molar-refractivity contribution < 1.29 is 14.3 Å². The molecule has 1 aromatic carbocycles. The van der Waals surface area contributed by atoms with Crippen molar-refractivity contribution in [1.29, 1.82) is 0 Å². The van der Waals surface area contributed by atoms with E-state index in [0.29, 0.717) is 17.1 Å². The molecule has 0 saturated heterocycles. The van der Waals surface area contributed by atoms with Crippen LogP contribution in [0.3, 0.4) is 0 Å². The highest BCUT2D eigenvalue weighted by molar-refractivity contribution is 6.00. The van der Waals surface area contributed by atoms with Crippen LogP contribution >= 0.6 is 0 Å². The van der Waals surface area contributed by atoms with Crippen LogP contribution in [0, 0.1) is 5.82 Å². The second kappa shape index (κ2) is 5.47. The first-order chi connectivity index (χ1) is 9.11. The molecule has 0 radical (unpaired) electrons. The van der Waals surface area contributed by atoms with Gasteiger partial charge in [0, 0.05) is 12.6 Å². The first-order valence-electron chi connectivity index (χ1n) is 5.56. The summed E-state index contributed by atoms with van der Waals surface area (Å²) in [5.41, 5.74) is 0.664. The van der Waals surface area contributed by atoms with Gasteiger partial charge in [0.05, 0.1) is 5.71 Å². The van der Waals surface area contributed by atoms with E-state index in [4.69, 9.17) is 9.94 Å². The van der Waals surface area contributed by atoms with Gasteiger partial charge in [-0.05, 0) is 25.1 Å². The first-order valence-corrected chi connectivity index (χ1v) is 5.56. The zero-order valence-electron chi connectivity index (χ0n) is 10.5. The molecule has 0 aliphatic carbocycles. The van der Waals surface area contributed by atoms with Gasteiger partial charge in [0.25, 0.3) is 0 Å². The van der Waals surface area contributed by atoms with Crippen molar-refractivity contribution in [3.8, 4) is 5.75 Å². The lowest BCUT2D eigenvalue weighted by Gasteiger charge is -2.10. The van der Waals surface area contributed by atoms with Crippen molar-refractivity contribution >= 4 is 5.71 Å². The number of aromatic nitrogens is 3. The van der Waals surface area contributed by atoms with Crippen LogP contribution in [0.25, 0.3) is 0 Å². The zero-order chi connectivity index (χ0) is 13.8. The molecule has 0 fully saturated rings. The highest BCUT2D eigenvalue weighted by Crippen LogP contribution is 2.21. The van der Waals surface area contributed by atoms with Crippen molar-refractivity contribution in [2.45, 2.75) is 13.5 Å². The third-order valence-corrected chi connectivity index (χ3v) is 2.64. The topological polar surface area (TPSA) is 72.5 Å². The monoisotopic (exact) mass is 264 g/mol. The number of hydrogen-bond acceptors (Lipinski definition) is 5. The van der Waals surface area contributed by atoms with Gasteiger partial charge >= 0.3 is 0 Å². The first kappa shape index (κ1) is 13.0. The minimum absolute atomic E-state index is 0.188. The standard InChI is InChI=1S/C12H13FN4O2/c1-8(16-18)10-5-9(13)3-4-11(10)19-6-12-14-7-15-17(12)2/h3-5,7,18H,6H2,1-2H3. The van der Waals surface area contributed by atoms with E-state index in [1.807, 2.05) is 0 Å². The Morgan fingerprint density at radius 3 is 2.95 bits per heavy atom. The molecule has 2 rings (SSSR count). The predicted octanol–water partition coefficient (Wildman–Crippen LogP) is 1.73. The molecule has 1 heterocycles. The molecule has 0 spiro atoms. The van der Waals surface area contributed by atoms with Crippen molar-refractivity contribution in [3.63, 3.8) is 0 Å². The van der Waals surface area contributed by atoms with Gasteiger partial charge in [-0.1, -0.05) is 5.16 Å². The second-order valence-electron chi connectivity index (χ2n) is 3.91. The molecule has 1 aromatic heterocycles. The van der Waals surface area contributed by atoms with Gasteiger partial charge in [0.2, 0.25) is 0 Å². The number of ether oxygens (including phenoxy) is 1. The molecule has 6 nitrogen and oxygen atoms in total. The molecule has 0 atom stereocenters. The average molecular weight is 264 g/mol. The largest absolute Gasteiger partial charge is 0.485 e. The summed E-state index contributed by atoms with van der Waals surface area (Å²) in [5.74, 6) is 0.623. The number of oxime groups is 1. The number of aryl methyl sites for hydroxylation is 1. The highest BCUT2D eigenvalue weighted by atomic mass is 19.1.